The van der Waals surface area contributed by atoms with E-state index in [9.17, 15) is 0 Å². The van der Waals surface area contributed by atoms with Gasteiger partial charge in [0.1, 0.15) is 0 Å². The summed E-state index contributed by atoms with van der Waals surface area (Å²) in [6.45, 7) is 4.43. The van der Waals surface area contributed by atoms with E-state index in [0.29, 0.717) is 6.04 Å². The highest BCUT2D eigenvalue weighted by Crippen LogP contribution is 2.29. The number of hydrogen-bond acceptors (Lipinski definition) is 2. The van der Waals surface area contributed by atoms with E-state index in [1.165, 1.54) is 36.8 Å². The molecule has 18 heavy (non-hydrogen) atoms. The summed E-state index contributed by atoms with van der Waals surface area (Å²) in [5.41, 5.74) is 2.40. The number of fused-ring (bicyclic) bond motifs is 1. The number of benzene rings is 1. The van der Waals surface area contributed by atoms with Gasteiger partial charge >= 0.3 is 0 Å². The Hall–Kier alpha value is -0.870. The minimum Gasteiger partial charge on any atom is -0.306 e. The number of nitrogens with zero attached hydrogens (tertiary/aromatic N) is 3. The molecule has 2 heterocycles. The molecule has 0 amide bonds. The van der Waals surface area contributed by atoms with Crippen LogP contribution in [-0.4, -0.2) is 34.8 Å². The van der Waals surface area contributed by atoms with Gasteiger partial charge in [-0.1, -0.05) is 15.9 Å². The fourth-order valence-corrected chi connectivity index (χ4v) is 3.14. The number of halogens is 1. The summed E-state index contributed by atoms with van der Waals surface area (Å²) in [4.78, 5) is 2.39. The second-order valence-corrected chi connectivity index (χ2v) is 6.14. The fraction of sp³-hybridized carbons (Fsp3) is 0.500. The van der Waals surface area contributed by atoms with Crippen molar-refractivity contribution in [2.75, 3.05) is 20.1 Å². The molecule has 0 radical (unpaired) electrons. The summed E-state index contributed by atoms with van der Waals surface area (Å²) < 4.78 is 3.37. The molecular formula is C14H18BrN3. The zero-order valence-electron chi connectivity index (χ0n) is 10.9. The van der Waals surface area contributed by atoms with E-state index in [0.717, 1.165) is 10.2 Å². The molecule has 1 fully saturated rings. The summed E-state index contributed by atoms with van der Waals surface area (Å²) >= 11 is 3.56. The van der Waals surface area contributed by atoms with Crippen LogP contribution in [0.15, 0.2) is 22.7 Å². The van der Waals surface area contributed by atoms with Crippen LogP contribution in [0, 0.1) is 6.92 Å². The third-order valence-corrected chi connectivity index (χ3v) is 4.38. The SMILES string of the molecule is Cc1nn(C2CCN(C)CC2)c2cc(Br)ccc12. The second kappa shape index (κ2) is 4.67. The predicted molar refractivity (Wildman–Crippen MR) is 77.9 cm³/mol. The maximum atomic E-state index is 4.76. The molecule has 0 bridgehead atoms. The van der Waals surface area contributed by atoms with Gasteiger partial charge < -0.3 is 4.90 Å². The van der Waals surface area contributed by atoms with Gasteiger partial charge in [0.2, 0.25) is 0 Å². The van der Waals surface area contributed by atoms with Gasteiger partial charge in [-0.05, 0) is 58.1 Å². The highest BCUT2D eigenvalue weighted by molar-refractivity contribution is 9.10. The molecule has 3 rings (SSSR count). The number of likely N-dealkylation sites (tertiary alicyclic amines) is 1. The Bertz CT molecular complexity index is 568. The van der Waals surface area contributed by atoms with Gasteiger partial charge in [0, 0.05) is 9.86 Å². The van der Waals surface area contributed by atoms with Gasteiger partial charge in [-0.25, -0.2) is 0 Å². The normalized spacial score (nSPS) is 18.6. The number of hydrogen-bond donors (Lipinski definition) is 0. The first-order chi connectivity index (χ1) is 8.65. The molecule has 1 aromatic carbocycles. The van der Waals surface area contributed by atoms with Crippen LogP contribution >= 0.6 is 15.9 Å². The average Bonchev–Trinajstić information content (AvgIpc) is 2.67. The van der Waals surface area contributed by atoms with Crippen LogP contribution in [0.3, 0.4) is 0 Å². The third-order valence-electron chi connectivity index (χ3n) is 3.89. The summed E-state index contributed by atoms with van der Waals surface area (Å²) in [5, 5.41) is 6.03. The standard InChI is InChI=1S/C14H18BrN3/c1-10-13-4-3-11(15)9-14(13)18(16-10)12-5-7-17(2)8-6-12/h3-4,9,12H,5-8H2,1-2H3. The molecule has 0 N–H and O–H groups in total. The number of rotatable bonds is 1. The highest BCUT2D eigenvalue weighted by atomic mass is 79.9. The van der Waals surface area contributed by atoms with E-state index in [2.05, 4.69) is 57.7 Å². The van der Waals surface area contributed by atoms with Crippen LogP contribution in [0.2, 0.25) is 0 Å². The number of piperidine rings is 1. The van der Waals surface area contributed by atoms with Crippen molar-refractivity contribution in [3.63, 3.8) is 0 Å². The zero-order chi connectivity index (χ0) is 12.7. The smallest absolute Gasteiger partial charge is 0.0699 e. The lowest BCUT2D eigenvalue weighted by Gasteiger charge is -2.29. The molecule has 96 valence electrons. The van der Waals surface area contributed by atoms with Crippen molar-refractivity contribution < 1.29 is 0 Å². The van der Waals surface area contributed by atoms with Crippen LogP contribution in [0.5, 0.6) is 0 Å². The minimum atomic E-state index is 0.548. The van der Waals surface area contributed by atoms with Gasteiger partial charge in [-0.15, -0.1) is 0 Å². The van der Waals surface area contributed by atoms with Crippen LogP contribution in [0.25, 0.3) is 10.9 Å². The molecule has 0 aliphatic carbocycles. The monoisotopic (exact) mass is 307 g/mol. The highest BCUT2D eigenvalue weighted by Gasteiger charge is 2.21. The maximum absolute atomic E-state index is 4.76. The Morgan fingerprint density at radius 3 is 2.72 bits per heavy atom. The lowest BCUT2D eigenvalue weighted by molar-refractivity contribution is 0.215. The van der Waals surface area contributed by atoms with Crippen molar-refractivity contribution in [2.45, 2.75) is 25.8 Å². The van der Waals surface area contributed by atoms with Crippen molar-refractivity contribution >= 4 is 26.8 Å². The first-order valence-corrected chi connectivity index (χ1v) is 7.27. The lowest BCUT2D eigenvalue weighted by atomic mass is 10.1. The van der Waals surface area contributed by atoms with Gasteiger partial charge in [0.05, 0.1) is 17.3 Å². The molecule has 0 spiro atoms. The first kappa shape index (κ1) is 12.2. The van der Waals surface area contributed by atoms with Gasteiger partial charge in [-0.2, -0.15) is 5.10 Å². The molecule has 1 aromatic heterocycles. The zero-order valence-corrected chi connectivity index (χ0v) is 12.4. The summed E-state index contributed by atoms with van der Waals surface area (Å²) in [6, 6.07) is 6.99. The molecule has 0 atom stereocenters. The van der Waals surface area contributed by atoms with Crippen LogP contribution in [0.4, 0.5) is 0 Å². The fourth-order valence-electron chi connectivity index (χ4n) is 2.79. The van der Waals surface area contributed by atoms with Gasteiger partial charge in [0.15, 0.2) is 0 Å². The Balaban J connectivity index is 2.03. The summed E-state index contributed by atoms with van der Waals surface area (Å²) in [6.07, 6.45) is 2.39. The maximum Gasteiger partial charge on any atom is 0.0699 e. The van der Waals surface area contributed by atoms with Crippen molar-refractivity contribution in [3.8, 4) is 0 Å². The Morgan fingerprint density at radius 2 is 2.00 bits per heavy atom. The van der Waals surface area contributed by atoms with Crippen LogP contribution < -0.4 is 0 Å². The summed E-state index contributed by atoms with van der Waals surface area (Å²) in [7, 11) is 2.19. The van der Waals surface area contributed by atoms with Gasteiger partial charge in [-0.3, -0.25) is 4.68 Å². The second-order valence-electron chi connectivity index (χ2n) is 5.23. The first-order valence-electron chi connectivity index (χ1n) is 6.48. The van der Waals surface area contributed by atoms with E-state index in [4.69, 9.17) is 5.10 Å². The van der Waals surface area contributed by atoms with E-state index in [-0.39, 0.29) is 0 Å². The quantitative estimate of drug-likeness (QED) is 0.805. The van der Waals surface area contributed by atoms with Crippen LogP contribution in [0.1, 0.15) is 24.6 Å². The van der Waals surface area contributed by atoms with E-state index >= 15 is 0 Å². The molecule has 1 aliphatic heterocycles. The topological polar surface area (TPSA) is 21.1 Å². The molecule has 1 aliphatic rings. The largest absolute Gasteiger partial charge is 0.306 e. The molecule has 0 saturated carbocycles. The third kappa shape index (κ3) is 2.08. The van der Waals surface area contributed by atoms with E-state index < -0.39 is 0 Å². The Labute approximate surface area is 116 Å². The van der Waals surface area contributed by atoms with E-state index in [1.807, 2.05) is 0 Å². The van der Waals surface area contributed by atoms with Gasteiger partial charge in [0.25, 0.3) is 0 Å². The number of aryl methyl sites for hydroxylation is 1. The van der Waals surface area contributed by atoms with Crippen LogP contribution in [-0.2, 0) is 0 Å². The molecular weight excluding hydrogens is 290 g/mol. The molecule has 3 nitrogen and oxygen atoms in total. The Morgan fingerprint density at radius 1 is 1.28 bits per heavy atom. The molecule has 4 heteroatoms. The van der Waals surface area contributed by atoms with Crippen molar-refractivity contribution in [1.82, 2.24) is 14.7 Å². The summed E-state index contributed by atoms with van der Waals surface area (Å²) in [5.74, 6) is 0. The Kier molecular flexibility index (Phi) is 3.16. The van der Waals surface area contributed by atoms with Crippen molar-refractivity contribution in [3.05, 3.63) is 28.4 Å². The molecule has 2 aromatic rings. The predicted octanol–water partition coefficient (Wildman–Crippen LogP) is 3.37. The average molecular weight is 308 g/mol. The molecule has 1 saturated heterocycles. The van der Waals surface area contributed by atoms with Crippen molar-refractivity contribution in [1.29, 1.82) is 0 Å². The lowest BCUT2D eigenvalue weighted by Crippen LogP contribution is -2.31. The number of aromatic nitrogens is 2. The minimum absolute atomic E-state index is 0.548. The van der Waals surface area contributed by atoms with E-state index in [1.54, 1.807) is 0 Å². The van der Waals surface area contributed by atoms with Crippen molar-refractivity contribution in [2.24, 2.45) is 0 Å². The molecule has 0 unspecified atom stereocenters.